The molecule has 0 fully saturated rings. The van der Waals surface area contributed by atoms with Crippen LogP contribution < -0.4 is 4.74 Å². The number of thiophene rings is 1. The number of carboxylic acids is 1. The zero-order valence-corrected chi connectivity index (χ0v) is 13.3. The molecular weight excluding hydrogens is 343 g/mol. The molecule has 1 aromatic carbocycles. The van der Waals surface area contributed by atoms with Gasteiger partial charge in [0.25, 0.3) is 0 Å². The highest BCUT2D eigenvalue weighted by Gasteiger charge is 2.13. The van der Waals surface area contributed by atoms with Crippen molar-refractivity contribution in [2.75, 3.05) is 0 Å². The van der Waals surface area contributed by atoms with Gasteiger partial charge in [-0.05, 0) is 19.1 Å². The van der Waals surface area contributed by atoms with Crippen LogP contribution in [0.4, 0.5) is 0 Å². The Morgan fingerprint density at radius 1 is 1.20 bits per heavy atom. The number of hydrogen-bond acceptors (Lipinski definition) is 3. The predicted molar refractivity (Wildman–Crippen MR) is 81.8 cm³/mol. The Morgan fingerprint density at radius 2 is 1.85 bits per heavy atom. The van der Waals surface area contributed by atoms with Gasteiger partial charge in [0.1, 0.15) is 17.2 Å². The lowest BCUT2D eigenvalue weighted by molar-refractivity contribution is 0.0702. The molecule has 0 amide bonds. The Balaban J connectivity index is 2.17. The summed E-state index contributed by atoms with van der Waals surface area (Å²) in [6, 6.07) is 4.63. The van der Waals surface area contributed by atoms with Gasteiger partial charge in [-0.1, -0.05) is 34.8 Å². The molecule has 0 saturated carbocycles. The zero-order chi connectivity index (χ0) is 14.9. The van der Waals surface area contributed by atoms with Crippen LogP contribution >= 0.6 is 46.1 Å². The summed E-state index contributed by atoms with van der Waals surface area (Å²) in [6.07, 6.45) is 0. The van der Waals surface area contributed by atoms with Crippen molar-refractivity contribution in [3.8, 4) is 5.75 Å². The molecule has 0 radical (unpaired) electrons. The van der Waals surface area contributed by atoms with Crippen molar-refractivity contribution in [2.45, 2.75) is 13.5 Å². The van der Waals surface area contributed by atoms with Crippen LogP contribution in [-0.2, 0) is 6.61 Å². The molecule has 3 nitrogen and oxygen atoms in total. The minimum atomic E-state index is -0.947. The number of aromatic carboxylic acids is 1. The number of hydrogen-bond donors (Lipinski definition) is 1. The number of benzene rings is 1. The van der Waals surface area contributed by atoms with Crippen molar-refractivity contribution in [1.82, 2.24) is 0 Å². The molecule has 2 rings (SSSR count). The summed E-state index contributed by atoms with van der Waals surface area (Å²) in [5.74, 6) is -0.541. The fourth-order valence-electron chi connectivity index (χ4n) is 1.54. The molecule has 0 saturated heterocycles. The van der Waals surface area contributed by atoms with Crippen molar-refractivity contribution in [1.29, 1.82) is 0 Å². The minimum absolute atomic E-state index is 0.216. The second-order valence-electron chi connectivity index (χ2n) is 3.98. The van der Waals surface area contributed by atoms with Gasteiger partial charge in [0, 0.05) is 16.5 Å². The Kier molecular flexibility index (Phi) is 4.81. The molecule has 7 heteroatoms. The van der Waals surface area contributed by atoms with Gasteiger partial charge in [0.15, 0.2) is 0 Å². The summed E-state index contributed by atoms with van der Waals surface area (Å²) in [7, 11) is 0. The van der Waals surface area contributed by atoms with Gasteiger partial charge in [-0.2, -0.15) is 0 Å². The summed E-state index contributed by atoms with van der Waals surface area (Å²) < 4.78 is 5.57. The van der Waals surface area contributed by atoms with E-state index in [1.807, 2.05) is 6.92 Å². The first-order valence-electron chi connectivity index (χ1n) is 5.48. The molecule has 106 valence electrons. The quantitative estimate of drug-likeness (QED) is 0.761. The number of aryl methyl sites for hydroxylation is 1. The largest absolute Gasteiger partial charge is 0.487 e. The van der Waals surface area contributed by atoms with Crippen molar-refractivity contribution >= 4 is 52.1 Å². The Hall–Kier alpha value is -0.940. The monoisotopic (exact) mass is 350 g/mol. The summed E-state index contributed by atoms with van der Waals surface area (Å²) >= 11 is 18.9. The summed E-state index contributed by atoms with van der Waals surface area (Å²) in [6.45, 7) is 2.06. The van der Waals surface area contributed by atoms with Crippen LogP contribution in [0.3, 0.4) is 0 Å². The maximum Gasteiger partial charge on any atom is 0.345 e. The third-order valence-electron chi connectivity index (χ3n) is 2.59. The SMILES string of the molecule is Cc1sc(C(=O)O)cc1COc1cc(Cl)c(Cl)cc1Cl. The van der Waals surface area contributed by atoms with Gasteiger partial charge < -0.3 is 9.84 Å². The standard InChI is InChI=1S/C13H9Cl3O3S/c1-6-7(2-12(20-6)13(17)18)5-19-11-4-9(15)8(14)3-10(11)16/h2-4H,5H2,1H3,(H,17,18). The normalized spacial score (nSPS) is 10.6. The summed E-state index contributed by atoms with van der Waals surface area (Å²) in [4.78, 5) is 12.1. The van der Waals surface area contributed by atoms with E-state index in [4.69, 9.17) is 44.6 Å². The minimum Gasteiger partial charge on any atom is -0.487 e. The molecule has 0 aliphatic rings. The van der Waals surface area contributed by atoms with E-state index in [1.54, 1.807) is 6.07 Å². The first kappa shape index (κ1) is 15.4. The summed E-state index contributed by atoms with van der Waals surface area (Å²) in [5.41, 5.74) is 0.800. The first-order chi connectivity index (χ1) is 9.38. The predicted octanol–water partition coefficient (Wildman–Crippen LogP) is 5.29. The lowest BCUT2D eigenvalue weighted by Gasteiger charge is -2.09. The van der Waals surface area contributed by atoms with Crippen LogP contribution in [0, 0.1) is 6.92 Å². The average Bonchev–Trinajstić information content (AvgIpc) is 2.74. The van der Waals surface area contributed by atoms with E-state index in [0.29, 0.717) is 20.8 Å². The van der Waals surface area contributed by atoms with E-state index in [1.165, 1.54) is 23.5 Å². The van der Waals surface area contributed by atoms with Crippen LogP contribution in [0.1, 0.15) is 20.1 Å². The van der Waals surface area contributed by atoms with Crippen molar-refractivity contribution in [3.63, 3.8) is 0 Å². The van der Waals surface area contributed by atoms with Crippen molar-refractivity contribution in [3.05, 3.63) is 48.6 Å². The van der Waals surface area contributed by atoms with E-state index in [0.717, 1.165) is 10.4 Å². The molecule has 0 bridgehead atoms. The van der Waals surface area contributed by atoms with Gasteiger partial charge in [-0.3, -0.25) is 0 Å². The highest BCUT2D eigenvalue weighted by Crippen LogP contribution is 2.34. The van der Waals surface area contributed by atoms with E-state index in [-0.39, 0.29) is 11.5 Å². The fraction of sp³-hybridized carbons (Fsp3) is 0.154. The van der Waals surface area contributed by atoms with Gasteiger partial charge in [-0.15, -0.1) is 11.3 Å². The van der Waals surface area contributed by atoms with Crippen LogP contribution in [-0.4, -0.2) is 11.1 Å². The van der Waals surface area contributed by atoms with Crippen LogP contribution in [0.15, 0.2) is 18.2 Å². The Morgan fingerprint density at radius 3 is 2.45 bits per heavy atom. The highest BCUT2D eigenvalue weighted by molar-refractivity contribution is 7.14. The van der Waals surface area contributed by atoms with Crippen LogP contribution in [0.5, 0.6) is 5.75 Å². The average molecular weight is 352 g/mol. The number of halogens is 3. The fourth-order valence-corrected chi connectivity index (χ4v) is 3.00. The van der Waals surface area contributed by atoms with Crippen molar-refractivity contribution < 1.29 is 14.6 Å². The molecule has 0 unspecified atom stereocenters. The number of ether oxygens (including phenoxy) is 1. The van der Waals surface area contributed by atoms with Gasteiger partial charge in [-0.25, -0.2) is 4.79 Å². The van der Waals surface area contributed by atoms with Crippen LogP contribution in [0.2, 0.25) is 15.1 Å². The molecular formula is C13H9Cl3O3S. The van der Waals surface area contributed by atoms with E-state index in [2.05, 4.69) is 0 Å². The van der Waals surface area contributed by atoms with E-state index < -0.39 is 5.97 Å². The Labute approximate surface area is 134 Å². The second-order valence-corrected chi connectivity index (χ2v) is 6.46. The molecule has 1 aromatic heterocycles. The molecule has 2 aromatic rings. The molecule has 1 N–H and O–H groups in total. The Bertz CT molecular complexity index is 667. The molecule has 20 heavy (non-hydrogen) atoms. The maximum atomic E-state index is 10.9. The number of carboxylic acid groups (broad SMARTS) is 1. The second kappa shape index (κ2) is 6.22. The first-order valence-corrected chi connectivity index (χ1v) is 7.43. The molecule has 0 atom stereocenters. The number of rotatable bonds is 4. The third-order valence-corrected chi connectivity index (χ3v) is 4.69. The lowest BCUT2D eigenvalue weighted by Crippen LogP contribution is -1.97. The van der Waals surface area contributed by atoms with E-state index in [9.17, 15) is 4.79 Å². The maximum absolute atomic E-state index is 10.9. The number of carbonyl (C=O) groups is 1. The molecule has 0 aliphatic heterocycles. The van der Waals surface area contributed by atoms with Gasteiger partial charge in [0.05, 0.1) is 15.1 Å². The smallest absolute Gasteiger partial charge is 0.345 e. The highest BCUT2D eigenvalue weighted by atomic mass is 35.5. The molecule has 0 aliphatic carbocycles. The van der Waals surface area contributed by atoms with Crippen molar-refractivity contribution in [2.24, 2.45) is 0 Å². The summed E-state index contributed by atoms with van der Waals surface area (Å²) in [5, 5.41) is 9.99. The topological polar surface area (TPSA) is 46.5 Å². The van der Waals surface area contributed by atoms with Gasteiger partial charge in [0.2, 0.25) is 0 Å². The third kappa shape index (κ3) is 3.38. The zero-order valence-electron chi connectivity index (χ0n) is 10.2. The lowest BCUT2D eigenvalue weighted by atomic mass is 10.2. The van der Waals surface area contributed by atoms with Gasteiger partial charge >= 0.3 is 5.97 Å². The molecule has 0 spiro atoms. The molecule has 1 heterocycles. The van der Waals surface area contributed by atoms with E-state index >= 15 is 0 Å². The van der Waals surface area contributed by atoms with Crippen LogP contribution in [0.25, 0.3) is 0 Å².